The second-order valence-corrected chi connectivity index (χ2v) is 6.12. The third-order valence-electron chi connectivity index (χ3n) is 2.39. The summed E-state index contributed by atoms with van der Waals surface area (Å²) in [5, 5.41) is 3.20. The Kier molecular flexibility index (Phi) is 3.74. The molecular formula is C11H11FN2O2S2. The highest BCUT2D eigenvalue weighted by molar-refractivity contribution is 7.89. The predicted molar refractivity (Wildman–Crippen MR) is 67.3 cm³/mol. The van der Waals surface area contributed by atoms with E-state index in [2.05, 4.69) is 9.71 Å². The maximum atomic E-state index is 13.4. The smallest absolute Gasteiger partial charge is 0.241 e. The lowest BCUT2D eigenvalue weighted by atomic mass is 10.2. The number of halogens is 1. The van der Waals surface area contributed by atoms with Crippen LogP contribution in [0.1, 0.15) is 11.1 Å². The average molecular weight is 286 g/mol. The lowest BCUT2D eigenvalue weighted by molar-refractivity contribution is 0.544. The van der Waals surface area contributed by atoms with Crippen LogP contribution in [0.25, 0.3) is 0 Å². The van der Waals surface area contributed by atoms with Gasteiger partial charge in [0.05, 0.1) is 0 Å². The summed E-state index contributed by atoms with van der Waals surface area (Å²) < 4.78 is 39.4. The Morgan fingerprint density at radius 3 is 2.83 bits per heavy atom. The van der Waals surface area contributed by atoms with Crippen LogP contribution in [-0.2, 0) is 16.6 Å². The maximum absolute atomic E-state index is 13.4. The predicted octanol–water partition coefficient (Wildman–Crippen LogP) is 2.07. The van der Waals surface area contributed by atoms with E-state index in [1.54, 1.807) is 0 Å². The molecule has 0 saturated carbocycles. The van der Waals surface area contributed by atoms with Crippen LogP contribution in [0, 0.1) is 12.7 Å². The van der Waals surface area contributed by atoms with Gasteiger partial charge in [0.15, 0.2) is 5.82 Å². The first-order chi connectivity index (χ1) is 8.50. The summed E-state index contributed by atoms with van der Waals surface area (Å²) >= 11 is 1.49. The minimum atomic E-state index is -3.92. The molecule has 2 aromatic heterocycles. The molecular weight excluding hydrogens is 275 g/mol. The summed E-state index contributed by atoms with van der Waals surface area (Å²) in [7, 11) is -3.92. The molecule has 0 aliphatic rings. The molecule has 18 heavy (non-hydrogen) atoms. The highest BCUT2D eigenvalue weighted by atomic mass is 32.2. The highest BCUT2D eigenvalue weighted by Crippen LogP contribution is 2.15. The number of aromatic nitrogens is 1. The first-order valence-electron chi connectivity index (χ1n) is 5.12. The molecule has 0 radical (unpaired) electrons. The first kappa shape index (κ1) is 13.1. The van der Waals surface area contributed by atoms with E-state index in [0.29, 0.717) is 0 Å². The first-order valence-corrected chi connectivity index (χ1v) is 7.55. The number of thiophene rings is 1. The molecule has 0 bridgehead atoms. The average Bonchev–Trinajstić information content (AvgIpc) is 2.73. The third-order valence-corrected chi connectivity index (χ3v) is 4.64. The van der Waals surface area contributed by atoms with Crippen molar-refractivity contribution in [3.63, 3.8) is 0 Å². The highest BCUT2D eigenvalue weighted by Gasteiger charge is 2.20. The van der Waals surface area contributed by atoms with Gasteiger partial charge in [0.1, 0.15) is 0 Å². The number of nitrogens with zero attached hydrogens (tertiary/aromatic N) is 1. The van der Waals surface area contributed by atoms with Crippen molar-refractivity contribution in [3.05, 3.63) is 46.0 Å². The van der Waals surface area contributed by atoms with Gasteiger partial charge in [-0.2, -0.15) is 11.3 Å². The number of pyridine rings is 1. The Bertz CT molecular complexity index is 653. The molecule has 0 aliphatic heterocycles. The Morgan fingerprint density at radius 2 is 2.22 bits per heavy atom. The van der Waals surface area contributed by atoms with Crippen LogP contribution in [0.2, 0.25) is 0 Å². The second kappa shape index (κ2) is 5.13. The molecule has 2 aromatic rings. The molecule has 0 saturated heterocycles. The van der Waals surface area contributed by atoms with Gasteiger partial charge in [-0.3, -0.25) is 0 Å². The summed E-state index contributed by atoms with van der Waals surface area (Å²) in [5.41, 5.74) is 1.88. The second-order valence-electron chi connectivity index (χ2n) is 3.69. The molecule has 2 heterocycles. The number of nitrogens with one attached hydrogen (secondary N) is 1. The SMILES string of the molecule is Cc1cscc1CNS(=O)(=O)c1ncccc1F. The van der Waals surface area contributed by atoms with E-state index >= 15 is 0 Å². The lowest BCUT2D eigenvalue weighted by Crippen LogP contribution is -2.25. The fourth-order valence-electron chi connectivity index (χ4n) is 1.38. The zero-order valence-electron chi connectivity index (χ0n) is 9.55. The summed E-state index contributed by atoms with van der Waals surface area (Å²) in [6.45, 7) is 2.02. The minimum Gasteiger partial charge on any atom is -0.241 e. The maximum Gasteiger partial charge on any atom is 0.261 e. The molecule has 0 amide bonds. The Morgan fingerprint density at radius 1 is 1.44 bits per heavy atom. The fourth-order valence-corrected chi connectivity index (χ4v) is 3.24. The molecule has 96 valence electrons. The summed E-state index contributed by atoms with van der Waals surface area (Å²) in [6, 6.07) is 2.41. The van der Waals surface area contributed by atoms with Gasteiger partial charge < -0.3 is 0 Å². The van der Waals surface area contributed by atoms with Gasteiger partial charge in [0.25, 0.3) is 10.0 Å². The number of hydrogen-bond acceptors (Lipinski definition) is 4. The van der Waals surface area contributed by atoms with Crippen molar-refractivity contribution in [2.45, 2.75) is 18.5 Å². The lowest BCUT2D eigenvalue weighted by Gasteiger charge is -2.06. The van der Waals surface area contributed by atoms with E-state index < -0.39 is 20.9 Å². The van der Waals surface area contributed by atoms with Crippen LogP contribution in [0.4, 0.5) is 4.39 Å². The van der Waals surface area contributed by atoms with Crippen molar-refractivity contribution in [3.8, 4) is 0 Å². The van der Waals surface area contributed by atoms with Crippen LogP contribution in [-0.4, -0.2) is 13.4 Å². The molecule has 0 spiro atoms. The number of rotatable bonds is 4. The minimum absolute atomic E-state index is 0.133. The molecule has 0 fully saturated rings. The number of sulfonamides is 1. The summed E-state index contributed by atoms with van der Waals surface area (Å²) in [5.74, 6) is -0.855. The molecule has 0 atom stereocenters. The van der Waals surface area contributed by atoms with Crippen molar-refractivity contribution in [1.29, 1.82) is 0 Å². The Hall–Kier alpha value is -1.31. The van der Waals surface area contributed by atoms with E-state index in [9.17, 15) is 12.8 Å². The van der Waals surface area contributed by atoms with E-state index in [0.717, 1.165) is 17.2 Å². The Balaban J connectivity index is 2.19. The van der Waals surface area contributed by atoms with E-state index in [-0.39, 0.29) is 6.54 Å². The quantitative estimate of drug-likeness (QED) is 0.936. The van der Waals surface area contributed by atoms with E-state index in [1.165, 1.54) is 23.6 Å². The molecule has 7 heteroatoms. The largest absolute Gasteiger partial charge is 0.261 e. The van der Waals surface area contributed by atoms with E-state index in [1.807, 2.05) is 17.7 Å². The van der Waals surface area contributed by atoms with Crippen molar-refractivity contribution in [2.24, 2.45) is 0 Å². The zero-order valence-corrected chi connectivity index (χ0v) is 11.2. The molecule has 2 rings (SSSR count). The normalized spacial score (nSPS) is 11.7. The van der Waals surface area contributed by atoms with Gasteiger partial charge in [-0.05, 0) is 40.9 Å². The topological polar surface area (TPSA) is 59.1 Å². The molecule has 0 aliphatic carbocycles. The van der Waals surface area contributed by atoms with Crippen LogP contribution in [0.15, 0.2) is 34.1 Å². The summed E-state index contributed by atoms with van der Waals surface area (Å²) in [6.07, 6.45) is 1.24. The van der Waals surface area contributed by atoms with Gasteiger partial charge in [-0.25, -0.2) is 22.5 Å². The molecule has 1 N–H and O–H groups in total. The van der Waals surface area contributed by atoms with Crippen molar-refractivity contribution in [2.75, 3.05) is 0 Å². The van der Waals surface area contributed by atoms with Crippen LogP contribution in [0.3, 0.4) is 0 Å². The van der Waals surface area contributed by atoms with Crippen molar-refractivity contribution in [1.82, 2.24) is 9.71 Å². The van der Waals surface area contributed by atoms with Crippen LogP contribution < -0.4 is 4.72 Å². The zero-order chi connectivity index (χ0) is 13.2. The van der Waals surface area contributed by atoms with Crippen molar-refractivity contribution >= 4 is 21.4 Å². The van der Waals surface area contributed by atoms with Gasteiger partial charge in [-0.15, -0.1) is 0 Å². The van der Waals surface area contributed by atoms with Gasteiger partial charge in [0, 0.05) is 12.7 Å². The van der Waals surface area contributed by atoms with Gasteiger partial charge in [0.2, 0.25) is 5.03 Å². The van der Waals surface area contributed by atoms with Gasteiger partial charge in [-0.1, -0.05) is 0 Å². The number of aryl methyl sites for hydroxylation is 1. The van der Waals surface area contributed by atoms with Crippen LogP contribution in [0.5, 0.6) is 0 Å². The fraction of sp³-hybridized carbons (Fsp3) is 0.182. The van der Waals surface area contributed by atoms with E-state index in [4.69, 9.17) is 0 Å². The van der Waals surface area contributed by atoms with Crippen LogP contribution >= 0.6 is 11.3 Å². The molecule has 0 unspecified atom stereocenters. The third kappa shape index (κ3) is 2.74. The van der Waals surface area contributed by atoms with Gasteiger partial charge >= 0.3 is 0 Å². The number of hydrogen-bond donors (Lipinski definition) is 1. The molecule has 4 nitrogen and oxygen atoms in total. The standard InChI is InChI=1S/C11H11FN2O2S2/c1-8-6-17-7-9(8)5-14-18(15,16)11-10(12)3-2-4-13-11/h2-4,6-7,14H,5H2,1H3. The Labute approximate surface area is 109 Å². The summed E-state index contributed by atoms with van der Waals surface area (Å²) in [4.78, 5) is 3.55. The monoisotopic (exact) mass is 286 g/mol. The molecule has 0 aromatic carbocycles. The van der Waals surface area contributed by atoms with Crippen molar-refractivity contribution < 1.29 is 12.8 Å².